The highest BCUT2D eigenvalue weighted by Crippen LogP contribution is 2.13. The van der Waals surface area contributed by atoms with Crippen LogP contribution in [0.3, 0.4) is 0 Å². The summed E-state index contributed by atoms with van der Waals surface area (Å²) in [4.78, 5) is 0. The van der Waals surface area contributed by atoms with E-state index in [9.17, 15) is 4.39 Å². The molecule has 0 aromatic carbocycles. The number of unbranched alkanes of at least 4 members (excludes halogenated alkanes) is 11. The second kappa shape index (κ2) is 17.9. The van der Waals surface area contributed by atoms with Crippen molar-refractivity contribution >= 4 is 0 Å². The Labute approximate surface area is 133 Å². The molecule has 0 aliphatic carbocycles. The average Bonchev–Trinajstić information content (AvgIpc) is 2.46. The Morgan fingerprint density at radius 3 is 1.57 bits per heavy atom. The van der Waals surface area contributed by atoms with Crippen LogP contribution in [0.1, 0.15) is 96.8 Å². The molecule has 0 aromatic heterocycles. The summed E-state index contributed by atoms with van der Waals surface area (Å²) in [7, 11) is 0. The molecule has 0 rings (SSSR count). The summed E-state index contributed by atoms with van der Waals surface area (Å²) in [5, 5.41) is 0. The van der Waals surface area contributed by atoms with Crippen molar-refractivity contribution in [3.05, 3.63) is 6.92 Å². The zero-order valence-corrected chi connectivity index (χ0v) is 14.4. The molecule has 1 atom stereocenters. The van der Waals surface area contributed by atoms with E-state index >= 15 is 0 Å². The Morgan fingerprint density at radius 1 is 0.714 bits per heavy atom. The van der Waals surface area contributed by atoms with Crippen LogP contribution in [0.5, 0.6) is 0 Å². The molecule has 0 aliphatic heterocycles. The lowest BCUT2D eigenvalue weighted by Crippen LogP contribution is -1.95. The van der Waals surface area contributed by atoms with Crippen molar-refractivity contribution in [3.8, 4) is 0 Å². The third kappa shape index (κ3) is 19.9. The Bertz CT molecular complexity index is 182. The third-order valence-electron chi connectivity index (χ3n) is 3.93. The molecule has 0 spiro atoms. The molecule has 21 heavy (non-hydrogen) atoms. The molecule has 0 fully saturated rings. The average molecular weight is 302 g/mol. The zero-order valence-electron chi connectivity index (χ0n) is 14.4. The van der Waals surface area contributed by atoms with Crippen molar-refractivity contribution in [2.75, 3.05) is 13.2 Å². The van der Waals surface area contributed by atoms with Crippen LogP contribution in [-0.2, 0) is 4.74 Å². The zero-order chi connectivity index (χ0) is 15.6. The molecule has 0 saturated heterocycles. The normalized spacial score (nSPS) is 12.7. The maximum Gasteiger partial charge on any atom is 0.0973 e. The second-order valence-electron chi connectivity index (χ2n) is 6.28. The number of hydrogen-bond acceptors (Lipinski definition) is 1. The van der Waals surface area contributed by atoms with Crippen LogP contribution in [0.15, 0.2) is 0 Å². The van der Waals surface area contributed by atoms with E-state index in [1.807, 2.05) is 0 Å². The molecule has 0 heterocycles. The molecule has 0 saturated carbocycles. The summed E-state index contributed by atoms with van der Waals surface area (Å²) in [6.07, 6.45) is 16.7. The topological polar surface area (TPSA) is 9.23 Å². The van der Waals surface area contributed by atoms with Crippen LogP contribution in [0.25, 0.3) is 0 Å². The summed E-state index contributed by atoms with van der Waals surface area (Å²) in [6, 6.07) is 0. The minimum absolute atomic E-state index is 0.611. The van der Waals surface area contributed by atoms with Crippen molar-refractivity contribution in [2.24, 2.45) is 0 Å². The van der Waals surface area contributed by atoms with Gasteiger partial charge in [0.15, 0.2) is 0 Å². The fourth-order valence-corrected chi connectivity index (χ4v) is 2.60. The summed E-state index contributed by atoms with van der Waals surface area (Å²) in [5.41, 5.74) is 0. The SMILES string of the molecule is [CH2]CCOCCCCCCCCCCCCCCC(C)F. The van der Waals surface area contributed by atoms with Crippen LogP contribution >= 0.6 is 0 Å². The van der Waals surface area contributed by atoms with Gasteiger partial charge in [0, 0.05) is 13.2 Å². The second-order valence-corrected chi connectivity index (χ2v) is 6.28. The van der Waals surface area contributed by atoms with Gasteiger partial charge in [-0.05, 0) is 26.2 Å². The van der Waals surface area contributed by atoms with E-state index < -0.39 is 6.17 Å². The minimum Gasteiger partial charge on any atom is -0.381 e. The molecular formula is C19H38FO. The molecular weight excluding hydrogens is 263 g/mol. The first-order valence-corrected chi connectivity index (χ1v) is 9.28. The predicted molar refractivity (Wildman–Crippen MR) is 91.4 cm³/mol. The Hall–Kier alpha value is -0.110. The number of alkyl halides is 1. The monoisotopic (exact) mass is 301 g/mol. The first kappa shape index (κ1) is 20.9. The molecule has 127 valence electrons. The van der Waals surface area contributed by atoms with Crippen LogP contribution in [-0.4, -0.2) is 19.4 Å². The standard InChI is InChI=1S/C19H38FO/c1-3-17-21-18-15-13-11-9-7-5-4-6-8-10-12-14-16-19(2)20/h19H,1,3-18H2,2H3. The molecule has 0 bridgehead atoms. The van der Waals surface area contributed by atoms with Gasteiger partial charge < -0.3 is 4.74 Å². The number of ether oxygens (including phenoxy) is 1. The van der Waals surface area contributed by atoms with E-state index in [0.29, 0.717) is 0 Å². The van der Waals surface area contributed by atoms with Gasteiger partial charge >= 0.3 is 0 Å². The smallest absolute Gasteiger partial charge is 0.0973 e. The lowest BCUT2D eigenvalue weighted by Gasteiger charge is -2.04. The highest BCUT2D eigenvalue weighted by atomic mass is 19.1. The molecule has 0 amide bonds. The van der Waals surface area contributed by atoms with Gasteiger partial charge in [-0.3, -0.25) is 0 Å². The van der Waals surface area contributed by atoms with Crippen molar-refractivity contribution in [1.82, 2.24) is 0 Å². The van der Waals surface area contributed by atoms with E-state index in [-0.39, 0.29) is 0 Å². The maximum absolute atomic E-state index is 12.6. The van der Waals surface area contributed by atoms with Crippen molar-refractivity contribution in [2.45, 2.75) is 103 Å². The summed E-state index contributed by atoms with van der Waals surface area (Å²) >= 11 is 0. The van der Waals surface area contributed by atoms with Gasteiger partial charge in [-0.25, -0.2) is 4.39 Å². The van der Waals surface area contributed by atoms with Gasteiger partial charge in [-0.2, -0.15) is 0 Å². The first-order valence-electron chi connectivity index (χ1n) is 9.28. The highest BCUT2D eigenvalue weighted by molar-refractivity contribution is 4.51. The van der Waals surface area contributed by atoms with Gasteiger partial charge in [0.1, 0.15) is 0 Å². The predicted octanol–water partition coefficient (Wildman–Crippen LogP) is 6.66. The molecule has 1 radical (unpaired) electrons. The third-order valence-corrected chi connectivity index (χ3v) is 3.93. The van der Waals surface area contributed by atoms with E-state index in [0.717, 1.165) is 32.5 Å². The number of rotatable bonds is 17. The number of halogens is 1. The van der Waals surface area contributed by atoms with Gasteiger partial charge in [-0.1, -0.05) is 77.6 Å². The van der Waals surface area contributed by atoms with Crippen LogP contribution in [0.4, 0.5) is 4.39 Å². The lowest BCUT2D eigenvalue weighted by atomic mass is 10.0. The van der Waals surface area contributed by atoms with Crippen molar-refractivity contribution in [3.63, 3.8) is 0 Å². The van der Waals surface area contributed by atoms with E-state index in [1.54, 1.807) is 6.92 Å². The largest absolute Gasteiger partial charge is 0.381 e. The van der Waals surface area contributed by atoms with E-state index in [1.165, 1.54) is 70.6 Å². The molecule has 1 nitrogen and oxygen atoms in total. The van der Waals surface area contributed by atoms with E-state index in [2.05, 4.69) is 6.92 Å². The minimum atomic E-state index is -0.611. The molecule has 0 N–H and O–H groups in total. The fraction of sp³-hybridized carbons (Fsp3) is 0.947. The molecule has 1 unspecified atom stereocenters. The van der Waals surface area contributed by atoms with E-state index in [4.69, 9.17) is 4.74 Å². The Kier molecular flexibility index (Phi) is 17.8. The molecule has 0 aromatic rings. The lowest BCUT2D eigenvalue weighted by molar-refractivity contribution is 0.134. The fourth-order valence-electron chi connectivity index (χ4n) is 2.60. The first-order chi connectivity index (χ1) is 10.3. The van der Waals surface area contributed by atoms with Gasteiger partial charge in [-0.15, -0.1) is 0 Å². The van der Waals surface area contributed by atoms with Gasteiger partial charge in [0.05, 0.1) is 6.17 Å². The molecule has 2 heteroatoms. The summed E-state index contributed by atoms with van der Waals surface area (Å²) in [5.74, 6) is 0. The van der Waals surface area contributed by atoms with Crippen LogP contribution in [0.2, 0.25) is 0 Å². The maximum atomic E-state index is 12.6. The highest BCUT2D eigenvalue weighted by Gasteiger charge is 1.97. The Morgan fingerprint density at radius 2 is 1.14 bits per heavy atom. The van der Waals surface area contributed by atoms with Crippen LogP contribution in [0, 0.1) is 6.92 Å². The van der Waals surface area contributed by atoms with Crippen molar-refractivity contribution < 1.29 is 9.13 Å². The number of hydrogen-bond donors (Lipinski definition) is 0. The van der Waals surface area contributed by atoms with Crippen LogP contribution < -0.4 is 0 Å². The summed E-state index contributed by atoms with van der Waals surface area (Å²) in [6.45, 7) is 7.14. The van der Waals surface area contributed by atoms with Crippen molar-refractivity contribution in [1.29, 1.82) is 0 Å². The quantitative estimate of drug-likeness (QED) is 0.273. The van der Waals surface area contributed by atoms with Gasteiger partial charge in [0.25, 0.3) is 0 Å². The molecule has 0 aliphatic rings. The van der Waals surface area contributed by atoms with Gasteiger partial charge in [0.2, 0.25) is 0 Å². The summed E-state index contributed by atoms with van der Waals surface area (Å²) < 4.78 is 18.0. The Balaban J connectivity index is 2.93.